The topological polar surface area (TPSA) is 96.5 Å². The minimum atomic E-state index is -3.70. The van der Waals surface area contributed by atoms with Crippen LogP contribution in [0.25, 0.3) is 0 Å². The Bertz CT molecular complexity index is 899. The van der Waals surface area contributed by atoms with Crippen LogP contribution in [0.15, 0.2) is 23.1 Å². The quantitative estimate of drug-likeness (QED) is 0.659. The van der Waals surface area contributed by atoms with Gasteiger partial charge in [-0.1, -0.05) is 0 Å². The molecule has 3 aliphatic heterocycles. The number of amides is 2. The zero-order valence-corrected chi connectivity index (χ0v) is 17.5. The first kappa shape index (κ1) is 20.3. The highest BCUT2D eigenvalue weighted by Gasteiger charge is 2.32. The van der Waals surface area contributed by atoms with Crippen molar-refractivity contribution in [1.82, 2.24) is 14.1 Å². The highest BCUT2D eigenvalue weighted by Crippen LogP contribution is 2.33. The fourth-order valence-corrected chi connectivity index (χ4v) is 5.78. The molecule has 3 heterocycles. The Hall–Kier alpha value is -1.98. The third kappa shape index (κ3) is 4.31. The molecule has 3 aliphatic rings. The fourth-order valence-electron chi connectivity index (χ4n) is 3.43. The predicted molar refractivity (Wildman–Crippen MR) is 106 cm³/mol. The monoisotopic (exact) mass is 441 g/mol. The van der Waals surface area contributed by atoms with E-state index in [1.165, 1.54) is 33.1 Å². The van der Waals surface area contributed by atoms with Gasteiger partial charge in [0.25, 0.3) is 0 Å². The number of ether oxygens (including phenoxy) is 2. The number of piperazine rings is 1. The van der Waals surface area contributed by atoms with Crippen LogP contribution in [-0.2, 0) is 19.6 Å². The second-order valence-corrected chi connectivity index (χ2v) is 9.91. The van der Waals surface area contributed by atoms with Gasteiger partial charge in [-0.25, -0.2) is 8.42 Å². The van der Waals surface area contributed by atoms with Crippen LogP contribution in [0.3, 0.4) is 0 Å². The molecular formula is C18H23N3O6S2. The maximum absolute atomic E-state index is 13.0. The zero-order valence-electron chi connectivity index (χ0n) is 15.9. The molecule has 0 saturated carbocycles. The van der Waals surface area contributed by atoms with Crippen molar-refractivity contribution < 1.29 is 27.5 Å². The van der Waals surface area contributed by atoms with Crippen molar-refractivity contribution >= 4 is 33.6 Å². The van der Waals surface area contributed by atoms with Crippen LogP contribution in [0.5, 0.6) is 11.5 Å². The molecule has 2 amide bonds. The molecule has 1 aromatic rings. The van der Waals surface area contributed by atoms with E-state index in [4.69, 9.17) is 9.47 Å². The lowest BCUT2D eigenvalue weighted by molar-refractivity contribution is -0.138. The van der Waals surface area contributed by atoms with Gasteiger partial charge >= 0.3 is 0 Å². The Labute approximate surface area is 174 Å². The Balaban J connectivity index is 1.39. The second kappa shape index (κ2) is 8.41. The zero-order chi connectivity index (χ0) is 20.4. The number of carbonyl (C=O) groups is 2. The SMILES string of the molecule is O=C(CN1CSCC1=O)N1CCN(S(=O)(=O)c2ccc3c(c2)OCCCO3)CC1. The van der Waals surface area contributed by atoms with Crippen LogP contribution < -0.4 is 9.47 Å². The van der Waals surface area contributed by atoms with Gasteiger partial charge in [-0.3, -0.25) is 9.59 Å². The van der Waals surface area contributed by atoms with Crippen LogP contribution in [0, 0.1) is 0 Å². The number of nitrogens with zero attached hydrogens (tertiary/aromatic N) is 3. The number of carbonyl (C=O) groups excluding carboxylic acids is 2. The number of rotatable bonds is 4. The summed E-state index contributed by atoms with van der Waals surface area (Å²) >= 11 is 1.49. The molecule has 29 heavy (non-hydrogen) atoms. The van der Waals surface area contributed by atoms with Crippen molar-refractivity contribution in [3.63, 3.8) is 0 Å². The Morgan fingerprint density at radius 1 is 1.07 bits per heavy atom. The number of sulfonamides is 1. The summed E-state index contributed by atoms with van der Waals surface area (Å²) in [5.41, 5.74) is 0. The molecular weight excluding hydrogens is 418 g/mol. The maximum atomic E-state index is 13.0. The van der Waals surface area contributed by atoms with Crippen LogP contribution in [0.1, 0.15) is 6.42 Å². The van der Waals surface area contributed by atoms with Gasteiger partial charge in [0.15, 0.2) is 11.5 Å². The second-order valence-electron chi connectivity index (χ2n) is 7.01. The Kier molecular flexibility index (Phi) is 5.88. The third-order valence-electron chi connectivity index (χ3n) is 5.10. The summed E-state index contributed by atoms with van der Waals surface area (Å²) < 4.78 is 38.6. The van der Waals surface area contributed by atoms with E-state index in [0.717, 1.165) is 6.42 Å². The molecule has 0 aromatic heterocycles. The third-order valence-corrected chi connectivity index (χ3v) is 7.94. The number of hydrogen-bond donors (Lipinski definition) is 0. The normalized spacial score (nSPS) is 20.6. The average Bonchev–Trinajstić information content (AvgIpc) is 2.98. The molecule has 1 aromatic carbocycles. The van der Waals surface area contributed by atoms with E-state index < -0.39 is 10.0 Å². The van der Waals surface area contributed by atoms with Crippen LogP contribution >= 0.6 is 11.8 Å². The molecule has 0 atom stereocenters. The predicted octanol–water partition coefficient (Wildman–Crippen LogP) is 0.214. The molecule has 0 radical (unpaired) electrons. The lowest BCUT2D eigenvalue weighted by atomic mass is 10.3. The van der Waals surface area contributed by atoms with E-state index in [1.54, 1.807) is 11.0 Å². The van der Waals surface area contributed by atoms with Gasteiger partial charge in [0.05, 0.1) is 29.7 Å². The lowest BCUT2D eigenvalue weighted by Gasteiger charge is -2.34. The molecule has 158 valence electrons. The van der Waals surface area contributed by atoms with Gasteiger partial charge in [0.2, 0.25) is 21.8 Å². The molecule has 9 nitrogen and oxygen atoms in total. The summed E-state index contributed by atoms with van der Waals surface area (Å²) in [7, 11) is -3.70. The molecule has 0 aliphatic carbocycles. The van der Waals surface area contributed by atoms with Crippen molar-refractivity contribution in [2.45, 2.75) is 11.3 Å². The number of fused-ring (bicyclic) bond motifs is 1. The average molecular weight is 442 g/mol. The van der Waals surface area contributed by atoms with Crippen LogP contribution in [0.4, 0.5) is 0 Å². The lowest BCUT2D eigenvalue weighted by Crippen LogP contribution is -2.52. The van der Waals surface area contributed by atoms with E-state index in [1.807, 2.05) is 0 Å². The van der Waals surface area contributed by atoms with Crippen molar-refractivity contribution in [3.05, 3.63) is 18.2 Å². The van der Waals surface area contributed by atoms with Crippen LogP contribution in [0.2, 0.25) is 0 Å². The van der Waals surface area contributed by atoms with E-state index in [2.05, 4.69) is 0 Å². The molecule has 2 fully saturated rings. The summed E-state index contributed by atoms with van der Waals surface area (Å²) in [6.45, 7) is 2.11. The van der Waals surface area contributed by atoms with Gasteiger partial charge < -0.3 is 19.3 Å². The van der Waals surface area contributed by atoms with Crippen molar-refractivity contribution in [2.75, 3.05) is 57.6 Å². The first-order valence-corrected chi connectivity index (χ1v) is 12.1. The van der Waals surface area contributed by atoms with Gasteiger partial charge in [-0.2, -0.15) is 4.31 Å². The van der Waals surface area contributed by atoms with Gasteiger partial charge in [0.1, 0.15) is 6.54 Å². The summed E-state index contributed by atoms with van der Waals surface area (Å²) in [4.78, 5) is 27.4. The molecule has 11 heteroatoms. The number of hydrogen-bond acceptors (Lipinski definition) is 7. The maximum Gasteiger partial charge on any atom is 0.243 e. The smallest absolute Gasteiger partial charge is 0.243 e. The molecule has 2 saturated heterocycles. The highest BCUT2D eigenvalue weighted by molar-refractivity contribution is 8.00. The van der Waals surface area contributed by atoms with Crippen LogP contribution in [-0.4, -0.2) is 91.9 Å². The summed E-state index contributed by atoms with van der Waals surface area (Å²) in [6.07, 6.45) is 0.745. The van der Waals surface area contributed by atoms with E-state index in [-0.39, 0.29) is 36.3 Å². The van der Waals surface area contributed by atoms with Gasteiger partial charge in [-0.15, -0.1) is 11.8 Å². The Morgan fingerprint density at radius 2 is 1.79 bits per heavy atom. The van der Waals surface area contributed by atoms with Crippen molar-refractivity contribution in [3.8, 4) is 11.5 Å². The highest BCUT2D eigenvalue weighted by atomic mass is 32.2. The number of thioether (sulfide) groups is 1. The molecule has 0 spiro atoms. The minimum Gasteiger partial charge on any atom is -0.490 e. The van der Waals surface area contributed by atoms with Gasteiger partial charge in [-0.05, 0) is 12.1 Å². The summed E-state index contributed by atoms with van der Waals surface area (Å²) in [5.74, 6) is 1.75. The molecule has 4 rings (SSSR count). The Morgan fingerprint density at radius 3 is 2.48 bits per heavy atom. The van der Waals surface area contributed by atoms with E-state index in [9.17, 15) is 18.0 Å². The standard InChI is InChI=1S/C18H23N3O6S2/c22-17(11-20-13-28-12-18(20)23)19-4-6-21(7-5-19)29(24,25)14-2-3-15-16(10-14)27-9-1-8-26-15/h2-3,10H,1,4-9,11-13H2. The summed E-state index contributed by atoms with van der Waals surface area (Å²) in [5, 5.41) is 0. The van der Waals surface area contributed by atoms with Gasteiger partial charge in [0, 0.05) is 38.7 Å². The minimum absolute atomic E-state index is 0.0287. The molecule has 0 bridgehead atoms. The largest absolute Gasteiger partial charge is 0.490 e. The first-order chi connectivity index (χ1) is 13.9. The van der Waals surface area contributed by atoms with E-state index >= 15 is 0 Å². The van der Waals surface area contributed by atoms with Crippen molar-refractivity contribution in [2.24, 2.45) is 0 Å². The molecule has 0 unspecified atom stereocenters. The van der Waals surface area contributed by atoms with Crippen molar-refractivity contribution in [1.29, 1.82) is 0 Å². The fraction of sp³-hybridized carbons (Fsp3) is 0.556. The summed E-state index contributed by atoms with van der Waals surface area (Å²) in [6, 6.07) is 4.65. The number of benzene rings is 1. The van der Waals surface area contributed by atoms with E-state index in [0.29, 0.717) is 49.4 Å². The molecule has 0 N–H and O–H groups in total. The first-order valence-electron chi connectivity index (χ1n) is 9.48.